The summed E-state index contributed by atoms with van der Waals surface area (Å²) < 4.78 is 0.922. The van der Waals surface area contributed by atoms with Gasteiger partial charge in [-0.05, 0) is 31.0 Å². The van der Waals surface area contributed by atoms with Crippen LogP contribution in [0.4, 0.5) is 0 Å². The molecular weight excluding hydrogens is 308 g/mol. The Morgan fingerprint density at radius 2 is 2.11 bits per heavy atom. The van der Waals surface area contributed by atoms with Crippen molar-refractivity contribution in [3.63, 3.8) is 0 Å². The van der Waals surface area contributed by atoms with E-state index in [1.54, 1.807) is 12.1 Å². The highest BCUT2D eigenvalue weighted by atomic mass is 79.9. The van der Waals surface area contributed by atoms with E-state index in [1.807, 2.05) is 6.07 Å². The summed E-state index contributed by atoms with van der Waals surface area (Å²) in [7, 11) is 0. The molecule has 1 aliphatic rings. The van der Waals surface area contributed by atoms with E-state index in [-0.39, 0.29) is 18.2 Å². The van der Waals surface area contributed by atoms with E-state index in [4.69, 9.17) is 5.73 Å². The van der Waals surface area contributed by atoms with Gasteiger partial charge in [-0.1, -0.05) is 28.8 Å². The standard InChI is InChI=1S/C14H19BrN2O2/c15-11-5-6-13(18)10(7-11)8-17(9-14(16)19)12-3-1-2-4-12/h5-7,12,18H,1-4,8-9H2,(H2,16,19). The van der Waals surface area contributed by atoms with Crippen molar-refractivity contribution in [3.05, 3.63) is 28.2 Å². The van der Waals surface area contributed by atoms with Crippen LogP contribution in [0.1, 0.15) is 31.2 Å². The van der Waals surface area contributed by atoms with E-state index in [0.717, 1.165) is 22.9 Å². The van der Waals surface area contributed by atoms with Crippen LogP contribution in [0.25, 0.3) is 0 Å². The van der Waals surface area contributed by atoms with Gasteiger partial charge in [-0.15, -0.1) is 0 Å². The molecule has 0 bridgehead atoms. The SMILES string of the molecule is NC(=O)CN(Cc1cc(Br)ccc1O)C1CCCC1. The first-order valence-electron chi connectivity index (χ1n) is 6.56. The monoisotopic (exact) mass is 326 g/mol. The number of benzene rings is 1. The highest BCUT2D eigenvalue weighted by Gasteiger charge is 2.24. The smallest absolute Gasteiger partial charge is 0.231 e. The third-order valence-corrected chi connectivity index (χ3v) is 4.11. The maximum absolute atomic E-state index is 11.2. The van der Waals surface area contributed by atoms with Gasteiger partial charge in [0.25, 0.3) is 0 Å². The third-order valence-electron chi connectivity index (χ3n) is 3.61. The minimum atomic E-state index is -0.318. The Morgan fingerprint density at radius 1 is 1.42 bits per heavy atom. The fraction of sp³-hybridized carbons (Fsp3) is 0.500. The van der Waals surface area contributed by atoms with E-state index < -0.39 is 0 Å². The lowest BCUT2D eigenvalue weighted by Gasteiger charge is -2.27. The molecule has 3 N–H and O–H groups in total. The summed E-state index contributed by atoms with van der Waals surface area (Å²) >= 11 is 3.40. The van der Waals surface area contributed by atoms with Gasteiger partial charge in [0, 0.05) is 22.6 Å². The average molecular weight is 327 g/mol. The Balaban J connectivity index is 2.14. The number of amides is 1. The van der Waals surface area contributed by atoms with Gasteiger partial charge in [0.15, 0.2) is 0 Å². The lowest BCUT2D eigenvalue weighted by molar-refractivity contribution is -0.119. The number of primary amides is 1. The quantitative estimate of drug-likeness (QED) is 0.873. The van der Waals surface area contributed by atoms with Gasteiger partial charge in [0.05, 0.1) is 6.54 Å². The van der Waals surface area contributed by atoms with Gasteiger partial charge in [0.1, 0.15) is 5.75 Å². The molecule has 1 fully saturated rings. The highest BCUT2D eigenvalue weighted by Crippen LogP contribution is 2.28. The number of aromatic hydroxyl groups is 1. The zero-order chi connectivity index (χ0) is 13.8. The molecule has 104 valence electrons. The number of hydrogen-bond acceptors (Lipinski definition) is 3. The average Bonchev–Trinajstić information content (AvgIpc) is 2.86. The normalized spacial score (nSPS) is 16.1. The molecule has 5 heteroatoms. The number of rotatable bonds is 5. The summed E-state index contributed by atoms with van der Waals surface area (Å²) in [6.45, 7) is 0.801. The predicted molar refractivity (Wildman–Crippen MR) is 77.7 cm³/mol. The Bertz CT molecular complexity index is 459. The molecule has 0 saturated heterocycles. The molecule has 1 aromatic rings. The number of nitrogens with zero attached hydrogens (tertiary/aromatic N) is 1. The lowest BCUT2D eigenvalue weighted by atomic mass is 10.1. The Labute approximate surface area is 121 Å². The number of halogens is 1. The van der Waals surface area contributed by atoms with Crippen molar-refractivity contribution >= 4 is 21.8 Å². The Kier molecular flexibility index (Phi) is 4.82. The largest absolute Gasteiger partial charge is 0.508 e. The van der Waals surface area contributed by atoms with Crippen LogP contribution in [-0.4, -0.2) is 28.5 Å². The summed E-state index contributed by atoms with van der Waals surface area (Å²) in [5.74, 6) is -0.0583. The molecule has 1 aliphatic carbocycles. The lowest BCUT2D eigenvalue weighted by Crippen LogP contribution is -2.39. The molecule has 0 aliphatic heterocycles. The maximum Gasteiger partial charge on any atom is 0.231 e. The summed E-state index contributed by atoms with van der Waals surface area (Å²) in [6, 6.07) is 5.74. The summed E-state index contributed by atoms with van der Waals surface area (Å²) in [6.07, 6.45) is 4.60. The van der Waals surface area contributed by atoms with Crippen molar-refractivity contribution in [3.8, 4) is 5.75 Å². The van der Waals surface area contributed by atoms with Gasteiger partial charge in [-0.2, -0.15) is 0 Å². The summed E-state index contributed by atoms with van der Waals surface area (Å²) in [4.78, 5) is 13.3. The van der Waals surface area contributed by atoms with Crippen molar-refractivity contribution < 1.29 is 9.90 Å². The van der Waals surface area contributed by atoms with Crippen molar-refractivity contribution in [1.82, 2.24) is 4.90 Å². The van der Waals surface area contributed by atoms with Crippen molar-refractivity contribution in [1.29, 1.82) is 0 Å². The third kappa shape index (κ3) is 3.94. The molecule has 19 heavy (non-hydrogen) atoms. The predicted octanol–water partition coefficient (Wildman–Crippen LogP) is 2.38. The highest BCUT2D eigenvalue weighted by molar-refractivity contribution is 9.10. The first kappa shape index (κ1) is 14.3. The van der Waals surface area contributed by atoms with E-state index >= 15 is 0 Å². The summed E-state index contributed by atoms with van der Waals surface area (Å²) in [5.41, 5.74) is 6.15. The van der Waals surface area contributed by atoms with Gasteiger partial charge >= 0.3 is 0 Å². The molecule has 0 atom stereocenters. The van der Waals surface area contributed by atoms with Crippen molar-refractivity contribution in [2.24, 2.45) is 5.73 Å². The second-order valence-electron chi connectivity index (χ2n) is 5.08. The van der Waals surface area contributed by atoms with Gasteiger partial charge in [-0.3, -0.25) is 9.69 Å². The van der Waals surface area contributed by atoms with Gasteiger partial charge < -0.3 is 10.8 Å². The number of hydrogen-bond donors (Lipinski definition) is 2. The first-order chi connectivity index (χ1) is 9.06. The molecule has 1 saturated carbocycles. The topological polar surface area (TPSA) is 66.6 Å². The van der Waals surface area contributed by atoms with Crippen LogP contribution in [-0.2, 0) is 11.3 Å². The molecule has 1 aromatic carbocycles. The number of carbonyl (C=O) groups excluding carboxylic acids is 1. The number of phenolic OH excluding ortho intramolecular Hbond substituents is 1. The first-order valence-corrected chi connectivity index (χ1v) is 7.35. The number of carbonyl (C=O) groups is 1. The molecule has 0 heterocycles. The number of nitrogens with two attached hydrogens (primary N) is 1. The van der Waals surface area contributed by atoms with E-state index in [0.29, 0.717) is 12.6 Å². The van der Waals surface area contributed by atoms with Crippen molar-refractivity contribution in [2.45, 2.75) is 38.3 Å². The molecule has 2 rings (SSSR count). The molecule has 4 nitrogen and oxygen atoms in total. The van der Waals surface area contributed by atoms with Crippen LogP contribution in [0.5, 0.6) is 5.75 Å². The van der Waals surface area contributed by atoms with E-state index in [9.17, 15) is 9.90 Å². The van der Waals surface area contributed by atoms with Gasteiger partial charge in [-0.25, -0.2) is 0 Å². The second-order valence-corrected chi connectivity index (χ2v) is 6.00. The van der Waals surface area contributed by atoms with E-state index in [1.165, 1.54) is 12.8 Å². The maximum atomic E-state index is 11.2. The van der Waals surface area contributed by atoms with Crippen molar-refractivity contribution in [2.75, 3.05) is 6.54 Å². The molecule has 1 amide bonds. The number of phenols is 1. The molecule has 0 aromatic heterocycles. The fourth-order valence-corrected chi connectivity index (χ4v) is 3.09. The summed E-state index contributed by atoms with van der Waals surface area (Å²) in [5, 5.41) is 9.90. The van der Waals surface area contributed by atoms with Crippen LogP contribution in [0.3, 0.4) is 0 Å². The molecule has 0 spiro atoms. The zero-order valence-electron chi connectivity index (χ0n) is 10.8. The Hall–Kier alpha value is -1.07. The van der Waals surface area contributed by atoms with Crippen LogP contribution < -0.4 is 5.73 Å². The Morgan fingerprint density at radius 3 is 2.74 bits per heavy atom. The molecular formula is C14H19BrN2O2. The van der Waals surface area contributed by atoms with Crippen LogP contribution >= 0.6 is 15.9 Å². The molecule has 0 radical (unpaired) electrons. The van der Waals surface area contributed by atoms with Crippen LogP contribution in [0.2, 0.25) is 0 Å². The second kappa shape index (κ2) is 6.39. The zero-order valence-corrected chi connectivity index (χ0v) is 12.4. The fourth-order valence-electron chi connectivity index (χ4n) is 2.68. The minimum Gasteiger partial charge on any atom is -0.508 e. The minimum absolute atomic E-state index is 0.247. The van der Waals surface area contributed by atoms with Gasteiger partial charge in [0.2, 0.25) is 5.91 Å². The van der Waals surface area contributed by atoms with Crippen LogP contribution in [0, 0.1) is 0 Å². The van der Waals surface area contributed by atoms with Crippen LogP contribution in [0.15, 0.2) is 22.7 Å². The van der Waals surface area contributed by atoms with E-state index in [2.05, 4.69) is 20.8 Å². The molecule has 0 unspecified atom stereocenters.